The number of hydrogen-bond acceptors (Lipinski definition) is 1. The molecule has 0 radical (unpaired) electrons. The molecule has 0 aliphatic heterocycles. The van der Waals surface area contributed by atoms with Crippen molar-refractivity contribution in [3.8, 4) is 6.07 Å². The van der Waals surface area contributed by atoms with Crippen molar-refractivity contribution in [3.63, 3.8) is 0 Å². The topological polar surface area (TPSA) is 23.8 Å². The van der Waals surface area contributed by atoms with Crippen molar-refractivity contribution in [1.82, 2.24) is 0 Å². The van der Waals surface area contributed by atoms with Gasteiger partial charge in [0.25, 0.3) is 0 Å². The molecule has 1 unspecified atom stereocenters. The minimum Gasteiger partial charge on any atom is -0.198 e. The van der Waals surface area contributed by atoms with Crippen LogP contribution in [0.5, 0.6) is 0 Å². The first kappa shape index (κ1) is 14.2. The lowest BCUT2D eigenvalue weighted by Gasteiger charge is -1.99. The van der Waals surface area contributed by atoms with E-state index in [1.807, 2.05) is 13.0 Å². The van der Waals surface area contributed by atoms with Gasteiger partial charge in [-0.25, -0.2) is 0 Å². The zero-order valence-electron chi connectivity index (χ0n) is 10.3. The van der Waals surface area contributed by atoms with Gasteiger partial charge in [-0.15, -0.1) is 0 Å². The second kappa shape index (κ2) is 11.3. The number of unbranched alkanes of at least 4 members (excludes halogenated alkanes) is 7. The summed E-state index contributed by atoms with van der Waals surface area (Å²) < 4.78 is 0. The van der Waals surface area contributed by atoms with Crippen molar-refractivity contribution in [2.45, 2.75) is 65.2 Å². The van der Waals surface area contributed by atoms with Crippen molar-refractivity contribution >= 4 is 0 Å². The average Bonchev–Trinajstić information content (AvgIpc) is 2.26. The molecule has 0 fully saturated rings. The fourth-order valence-corrected chi connectivity index (χ4v) is 1.56. The fraction of sp³-hybridized carbons (Fsp3) is 0.786. The summed E-state index contributed by atoms with van der Waals surface area (Å²) in [6, 6.07) is 2.20. The molecular weight excluding hydrogens is 182 g/mol. The van der Waals surface area contributed by atoms with Crippen LogP contribution >= 0.6 is 0 Å². The number of rotatable bonds is 9. The second-order valence-electron chi connectivity index (χ2n) is 4.26. The monoisotopic (exact) mass is 207 g/mol. The molecule has 0 aromatic rings. The van der Waals surface area contributed by atoms with Crippen LogP contribution in [0.4, 0.5) is 0 Å². The highest BCUT2D eigenvalue weighted by atomic mass is 14.2. The standard InChI is InChI=1S/C14H25N/c1-3-4-5-6-7-8-9-10-11-12-14(2)13-15/h11-12,14H,3-10H2,1-2H3. The molecule has 0 aromatic heterocycles. The molecule has 86 valence electrons. The largest absolute Gasteiger partial charge is 0.198 e. The predicted octanol–water partition coefficient (Wildman–Crippen LogP) is 4.84. The first-order chi connectivity index (χ1) is 7.31. The minimum absolute atomic E-state index is 0.0783. The maximum Gasteiger partial charge on any atom is 0.0694 e. The second-order valence-corrected chi connectivity index (χ2v) is 4.26. The lowest BCUT2D eigenvalue weighted by atomic mass is 10.1. The lowest BCUT2D eigenvalue weighted by Crippen LogP contribution is -1.82. The van der Waals surface area contributed by atoms with Gasteiger partial charge in [-0.3, -0.25) is 0 Å². The zero-order valence-corrected chi connectivity index (χ0v) is 10.3. The van der Waals surface area contributed by atoms with Crippen LogP contribution in [0.2, 0.25) is 0 Å². The fourth-order valence-electron chi connectivity index (χ4n) is 1.56. The highest BCUT2D eigenvalue weighted by Gasteiger charge is 1.91. The Morgan fingerprint density at radius 1 is 1.07 bits per heavy atom. The van der Waals surface area contributed by atoms with Gasteiger partial charge in [-0.2, -0.15) is 5.26 Å². The maximum atomic E-state index is 8.56. The number of allylic oxidation sites excluding steroid dienone is 2. The quantitative estimate of drug-likeness (QED) is 0.392. The smallest absolute Gasteiger partial charge is 0.0694 e. The molecule has 0 aromatic carbocycles. The van der Waals surface area contributed by atoms with Gasteiger partial charge < -0.3 is 0 Å². The molecule has 0 saturated carbocycles. The van der Waals surface area contributed by atoms with Gasteiger partial charge in [-0.1, -0.05) is 57.6 Å². The summed E-state index contributed by atoms with van der Waals surface area (Å²) in [5.74, 6) is 0.0783. The van der Waals surface area contributed by atoms with E-state index < -0.39 is 0 Å². The first-order valence-corrected chi connectivity index (χ1v) is 6.37. The van der Waals surface area contributed by atoms with E-state index in [2.05, 4.69) is 19.1 Å². The van der Waals surface area contributed by atoms with E-state index in [-0.39, 0.29) is 5.92 Å². The summed E-state index contributed by atoms with van der Waals surface area (Å²) in [4.78, 5) is 0. The third kappa shape index (κ3) is 11.2. The normalized spacial score (nSPS) is 12.9. The van der Waals surface area contributed by atoms with Crippen LogP contribution in [0.25, 0.3) is 0 Å². The number of nitrogens with zero attached hydrogens (tertiary/aromatic N) is 1. The Morgan fingerprint density at radius 3 is 2.27 bits per heavy atom. The van der Waals surface area contributed by atoms with Crippen molar-refractivity contribution in [3.05, 3.63) is 12.2 Å². The van der Waals surface area contributed by atoms with Gasteiger partial charge in [0.1, 0.15) is 0 Å². The summed E-state index contributed by atoms with van der Waals surface area (Å²) in [7, 11) is 0. The van der Waals surface area contributed by atoms with Gasteiger partial charge in [0.2, 0.25) is 0 Å². The highest BCUT2D eigenvalue weighted by molar-refractivity contribution is 4.97. The van der Waals surface area contributed by atoms with E-state index in [9.17, 15) is 0 Å². The molecule has 0 saturated heterocycles. The van der Waals surface area contributed by atoms with Crippen molar-refractivity contribution < 1.29 is 0 Å². The SMILES string of the molecule is CCCCCCCCCC=CC(C)C#N. The van der Waals surface area contributed by atoms with Crippen LogP contribution in [-0.4, -0.2) is 0 Å². The Kier molecular flexibility index (Phi) is 10.7. The van der Waals surface area contributed by atoms with Gasteiger partial charge in [0.05, 0.1) is 12.0 Å². The van der Waals surface area contributed by atoms with Crippen molar-refractivity contribution in [2.24, 2.45) is 5.92 Å². The van der Waals surface area contributed by atoms with E-state index in [1.165, 1.54) is 44.9 Å². The van der Waals surface area contributed by atoms with Gasteiger partial charge in [0.15, 0.2) is 0 Å². The predicted molar refractivity (Wildman–Crippen MR) is 66.5 cm³/mol. The van der Waals surface area contributed by atoms with Crippen molar-refractivity contribution in [2.75, 3.05) is 0 Å². The molecule has 1 heteroatoms. The number of nitriles is 1. The van der Waals surface area contributed by atoms with Gasteiger partial charge in [-0.05, 0) is 19.8 Å². The van der Waals surface area contributed by atoms with Crippen LogP contribution in [0.1, 0.15) is 65.2 Å². The molecule has 0 aliphatic carbocycles. The molecule has 1 atom stereocenters. The summed E-state index contributed by atoms with van der Waals surface area (Å²) in [6.45, 7) is 4.18. The van der Waals surface area contributed by atoms with Crippen LogP contribution < -0.4 is 0 Å². The molecule has 0 aliphatic rings. The Balaban J connectivity index is 3.12. The van der Waals surface area contributed by atoms with Gasteiger partial charge in [0, 0.05) is 0 Å². The summed E-state index contributed by atoms with van der Waals surface area (Å²) in [5, 5.41) is 8.56. The van der Waals surface area contributed by atoms with E-state index in [1.54, 1.807) is 0 Å². The molecule has 1 nitrogen and oxygen atoms in total. The molecule has 15 heavy (non-hydrogen) atoms. The first-order valence-electron chi connectivity index (χ1n) is 6.37. The van der Waals surface area contributed by atoms with Crippen molar-refractivity contribution in [1.29, 1.82) is 5.26 Å². The lowest BCUT2D eigenvalue weighted by molar-refractivity contribution is 0.592. The highest BCUT2D eigenvalue weighted by Crippen LogP contribution is 2.09. The number of hydrogen-bond donors (Lipinski definition) is 0. The zero-order chi connectivity index (χ0) is 11.4. The van der Waals surface area contributed by atoms with Crippen LogP contribution in [0.3, 0.4) is 0 Å². The molecule has 0 spiro atoms. The Labute approximate surface area is 95.2 Å². The van der Waals surface area contributed by atoms with E-state index >= 15 is 0 Å². The third-order valence-corrected chi connectivity index (χ3v) is 2.60. The molecule has 0 bridgehead atoms. The minimum atomic E-state index is 0.0783. The summed E-state index contributed by atoms with van der Waals surface area (Å²) >= 11 is 0. The molecule has 0 amide bonds. The molecule has 0 N–H and O–H groups in total. The summed E-state index contributed by atoms with van der Waals surface area (Å²) in [6.07, 6.45) is 14.8. The summed E-state index contributed by atoms with van der Waals surface area (Å²) in [5.41, 5.74) is 0. The van der Waals surface area contributed by atoms with E-state index in [0.29, 0.717) is 0 Å². The van der Waals surface area contributed by atoms with E-state index in [0.717, 1.165) is 6.42 Å². The Morgan fingerprint density at radius 2 is 1.67 bits per heavy atom. The molecular formula is C14H25N. The van der Waals surface area contributed by atoms with Crippen LogP contribution in [-0.2, 0) is 0 Å². The van der Waals surface area contributed by atoms with Crippen LogP contribution in [0, 0.1) is 17.2 Å². The Hall–Kier alpha value is -0.770. The van der Waals surface area contributed by atoms with E-state index in [4.69, 9.17) is 5.26 Å². The van der Waals surface area contributed by atoms with Crippen LogP contribution in [0.15, 0.2) is 12.2 Å². The average molecular weight is 207 g/mol. The Bertz CT molecular complexity index is 188. The molecule has 0 rings (SSSR count). The van der Waals surface area contributed by atoms with Gasteiger partial charge >= 0.3 is 0 Å². The maximum absolute atomic E-state index is 8.56. The third-order valence-electron chi connectivity index (χ3n) is 2.60. The molecule has 0 heterocycles.